The molecule has 230 valence electrons. The number of halogens is 1. The monoisotopic (exact) mass is 619 g/mol. The summed E-state index contributed by atoms with van der Waals surface area (Å²) in [6.45, 7) is 6.07. The summed E-state index contributed by atoms with van der Waals surface area (Å²) in [5, 5.41) is 3.29. The number of imidazole rings is 1. The first-order valence-electron chi connectivity index (χ1n) is 14.1. The van der Waals surface area contributed by atoms with Crippen LogP contribution in [-0.4, -0.2) is 74.1 Å². The Bertz CT molecular complexity index is 1640. The number of nitrogens with one attached hydrogen (secondary N) is 1. The van der Waals surface area contributed by atoms with Crippen LogP contribution in [0.2, 0.25) is 5.02 Å². The molecule has 4 amide bonds. The van der Waals surface area contributed by atoms with E-state index in [-0.39, 0.29) is 29.6 Å². The van der Waals surface area contributed by atoms with Gasteiger partial charge in [0, 0.05) is 43.1 Å². The number of amidine groups is 1. The van der Waals surface area contributed by atoms with E-state index >= 15 is 0 Å². The topological polar surface area (TPSA) is 152 Å². The summed E-state index contributed by atoms with van der Waals surface area (Å²) >= 11 is 6.24. The zero-order valence-electron chi connectivity index (χ0n) is 24.9. The number of nitrogens with zero attached hydrogens (tertiary/aromatic N) is 5. The Hall–Kier alpha value is -4.71. The van der Waals surface area contributed by atoms with E-state index in [1.54, 1.807) is 41.6 Å². The molecule has 2 atom stereocenters. The highest BCUT2D eigenvalue weighted by atomic mass is 35.5. The molecular weight excluding hydrogens is 586 g/mol. The lowest BCUT2D eigenvalue weighted by Crippen LogP contribution is -2.55. The molecule has 2 aromatic carbocycles. The van der Waals surface area contributed by atoms with Gasteiger partial charge in [-0.2, -0.15) is 0 Å². The van der Waals surface area contributed by atoms with E-state index < -0.39 is 41.8 Å². The van der Waals surface area contributed by atoms with Gasteiger partial charge in [0.2, 0.25) is 11.8 Å². The van der Waals surface area contributed by atoms with Crippen LogP contribution in [0.1, 0.15) is 66.6 Å². The van der Waals surface area contributed by atoms with Crippen molar-refractivity contribution in [3.8, 4) is 5.75 Å². The van der Waals surface area contributed by atoms with E-state index in [0.717, 1.165) is 5.56 Å². The molecule has 0 spiro atoms. The van der Waals surface area contributed by atoms with E-state index in [2.05, 4.69) is 10.3 Å². The van der Waals surface area contributed by atoms with Crippen molar-refractivity contribution < 1.29 is 23.9 Å². The number of rotatable bonds is 7. The van der Waals surface area contributed by atoms with Gasteiger partial charge in [-0.3, -0.25) is 24.3 Å². The van der Waals surface area contributed by atoms with Gasteiger partial charge in [0.15, 0.2) is 5.78 Å². The van der Waals surface area contributed by atoms with Gasteiger partial charge >= 0.3 is 6.03 Å². The fourth-order valence-electron chi connectivity index (χ4n) is 5.31. The Labute approximate surface area is 259 Å². The van der Waals surface area contributed by atoms with Crippen LogP contribution in [-0.2, 0) is 16.6 Å². The van der Waals surface area contributed by atoms with Crippen molar-refractivity contribution in [3.63, 3.8) is 0 Å². The fraction of sp³-hybridized carbons (Fsp3) is 0.355. The molecule has 2 aliphatic rings. The number of benzene rings is 2. The average molecular weight is 620 g/mol. The van der Waals surface area contributed by atoms with Crippen molar-refractivity contribution in [2.75, 3.05) is 19.6 Å². The molecule has 1 saturated heterocycles. The third-order valence-corrected chi connectivity index (χ3v) is 7.46. The maximum absolute atomic E-state index is 14.5. The molecule has 0 aliphatic carbocycles. The third kappa shape index (κ3) is 6.45. The number of urea groups is 1. The van der Waals surface area contributed by atoms with Crippen LogP contribution in [0.15, 0.2) is 59.9 Å². The minimum absolute atomic E-state index is 0.116. The lowest BCUT2D eigenvalue weighted by Gasteiger charge is -2.36. The van der Waals surface area contributed by atoms with Gasteiger partial charge in [0.05, 0.1) is 18.0 Å². The van der Waals surface area contributed by atoms with Crippen LogP contribution in [0, 0.1) is 0 Å². The van der Waals surface area contributed by atoms with Crippen molar-refractivity contribution in [1.82, 2.24) is 24.7 Å². The maximum atomic E-state index is 14.5. The van der Waals surface area contributed by atoms with Crippen LogP contribution in [0.4, 0.5) is 4.79 Å². The Balaban J connectivity index is 1.72. The van der Waals surface area contributed by atoms with Crippen LogP contribution in [0.5, 0.6) is 5.75 Å². The number of ether oxygens (including phenoxy) is 1. The molecule has 1 aromatic heterocycles. The molecule has 12 nitrogen and oxygen atoms in total. The Kier molecular flexibility index (Phi) is 8.46. The molecular formula is C31H34ClN7O5. The molecule has 0 unspecified atom stereocenters. The average Bonchev–Trinajstić information content (AvgIpc) is 3.55. The highest BCUT2D eigenvalue weighted by Gasteiger charge is 2.46. The minimum Gasteiger partial charge on any atom is -0.487 e. The lowest BCUT2D eigenvalue weighted by molar-refractivity contribution is -0.123. The third-order valence-electron chi connectivity index (χ3n) is 7.21. The fourth-order valence-corrected chi connectivity index (χ4v) is 5.43. The van der Waals surface area contributed by atoms with Gasteiger partial charge in [-0.25, -0.2) is 9.78 Å². The Morgan fingerprint density at radius 3 is 2.48 bits per heavy atom. The molecule has 13 heteroatoms. The second-order valence-corrected chi connectivity index (χ2v) is 12.1. The lowest BCUT2D eigenvalue weighted by atomic mass is 9.98. The molecule has 44 heavy (non-hydrogen) atoms. The SMILES string of the molecule is Cn1ccnc1[C@@H]1N=C(c2ccc(C(=O)CC(N)=O)cc2OC(C)(C)C)N(C(=O)N2CCNC(=O)C2)[C@@H]1c1ccc(Cl)cc1. The quantitative estimate of drug-likeness (QED) is 0.305. The summed E-state index contributed by atoms with van der Waals surface area (Å²) in [6.07, 6.45) is 3.00. The summed E-state index contributed by atoms with van der Waals surface area (Å²) in [5.41, 5.74) is 6.01. The van der Waals surface area contributed by atoms with Crippen LogP contribution >= 0.6 is 11.6 Å². The number of piperazine rings is 1. The number of primary amides is 1. The minimum atomic E-state index is -0.747. The largest absolute Gasteiger partial charge is 0.487 e. The van der Waals surface area contributed by atoms with Crippen LogP contribution in [0.25, 0.3) is 0 Å². The zero-order valence-corrected chi connectivity index (χ0v) is 25.7. The number of aliphatic imine (C=N–C) groups is 1. The Morgan fingerprint density at radius 1 is 1.14 bits per heavy atom. The Morgan fingerprint density at radius 2 is 1.86 bits per heavy atom. The number of hydrogen-bond donors (Lipinski definition) is 2. The first kappa shape index (κ1) is 30.7. The van der Waals surface area contributed by atoms with E-state index in [9.17, 15) is 19.2 Å². The number of hydrogen-bond acceptors (Lipinski definition) is 7. The van der Waals surface area contributed by atoms with Crippen molar-refractivity contribution >= 4 is 41.1 Å². The summed E-state index contributed by atoms with van der Waals surface area (Å²) in [6, 6.07) is 10.2. The predicted octanol–water partition coefficient (Wildman–Crippen LogP) is 3.41. The number of Topliss-reactive ketones (excluding diaryl/α,β-unsaturated/α-hetero) is 1. The predicted molar refractivity (Wildman–Crippen MR) is 163 cm³/mol. The maximum Gasteiger partial charge on any atom is 0.326 e. The molecule has 0 radical (unpaired) electrons. The molecule has 3 heterocycles. The second kappa shape index (κ2) is 12.1. The number of carbonyl (C=O) groups excluding carboxylic acids is 4. The van der Waals surface area contributed by atoms with E-state index in [4.69, 9.17) is 27.1 Å². The first-order valence-corrected chi connectivity index (χ1v) is 14.5. The van der Waals surface area contributed by atoms with E-state index in [0.29, 0.717) is 29.5 Å². The summed E-state index contributed by atoms with van der Waals surface area (Å²) in [7, 11) is 1.85. The molecule has 2 aliphatic heterocycles. The zero-order chi connectivity index (χ0) is 31.8. The van der Waals surface area contributed by atoms with E-state index in [1.165, 1.54) is 11.0 Å². The second-order valence-electron chi connectivity index (χ2n) is 11.7. The first-order chi connectivity index (χ1) is 20.8. The highest BCUT2D eigenvalue weighted by Crippen LogP contribution is 2.45. The van der Waals surface area contributed by atoms with Crippen LogP contribution in [0.3, 0.4) is 0 Å². The smallest absolute Gasteiger partial charge is 0.326 e. The van der Waals surface area contributed by atoms with Gasteiger partial charge < -0.3 is 25.3 Å². The van der Waals surface area contributed by atoms with Crippen molar-refractivity contribution in [3.05, 3.63) is 82.4 Å². The number of ketones is 1. The molecule has 1 fully saturated rings. The van der Waals surface area contributed by atoms with Crippen LogP contribution < -0.4 is 15.8 Å². The summed E-state index contributed by atoms with van der Waals surface area (Å²) < 4.78 is 8.18. The van der Waals surface area contributed by atoms with Crippen molar-refractivity contribution in [1.29, 1.82) is 0 Å². The van der Waals surface area contributed by atoms with Gasteiger partial charge in [0.25, 0.3) is 0 Å². The molecule has 5 rings (SSSR count). The summed E-state index contributed by atoms with van der Waals surface area (Å²) in [4.78, 5) is 63.8. The number of nitrogens with two attached hydrogens (primary N) is 1. The van der Waals surface area contributed by atoms with E-state index in [1.807, 2.05) is 44.5 Å². The van der Waals surface area contributed by atoms with Gasteiger partial charge in [-0.1, -0.05) is 29.8 Å². The standard InChI is InChI=1S/C31H34ClN7O5/c1-31(2,3)44-23-15-19(22(40)16-24(33)41)7-10-21(23)28-36-26(29-35-11-13-37(29)4)27(18-5-8-20(32)9-6-18)39(28)30(43)38-14-12-34-25(42)17-38/h5-11,13,15,26-27H,12,14,16-17H2,1-4H3,(H2,33,41)(H,34,42)/t26-,27-/m1/s1. The summed E-state index contributed by atoms with van der Waals surface area (Å²) in [5.74, 6) is -0.295. The number of amides is 4. The molecule has 0 saturated carbocycles. The highest BCUT2D eigenvalue weighted by molar-refractivity contribution is 6.30. The number of carbonyl (C=O) groups is 4. The number of aromatic nitrogens is 2. The normalized spacial score (nSPS) is 18.6. The number of aryl methyl sites for hydroxylation is 1. The molecule has 3 N–H and O–H groups in total. The van der Waals surface area contributed by atoms with Gasteiger partial charge in [0.1, 0.15) is 35.6 Å². The van der Waals surface area contributed by atoms with Gasteiger partial charge in [-0.15, -0.1) is 0 Å². The van der Waals surface area contributed by atoms with Gasteiger partial charge in [-0.05, 0) is 50.6 Å². The molecule has 3 aromatic rings. The molecule has 0 bridgehead atoms. The van der Waals surface area contributed by atoms with Crippen molar-refractivity contribution in [2.24, 2.45) is 17.8 Å². The van der Waals surface area contributed by atoms with Crippen molar-refractivity contribution in [2.45, 2.75) is 44.9 Å².